The summed E-state index contributed by atoms with van der Waals surface area (Å²) in [5.41, 5.74) is 2.12. The number of alkyl halides is 3. The molecule has 4 aliphatic rings. The standard InChI is InChI=1S/C65H76F4N12O6/c1-7-44-9-8-10-45-27-48(83)28-51(55(44)45)57-56(66)58-52(31-72-57)61(80-32-39(4)73-46(35-80)14-11-40(5)82)76-63(75-58)87-37-64(19-20-64)36-79-25-23-78(24-26-79)34-43-17-21-77(22-18-43)33-42-12-15-47(16-13-42)81(60(71)62(86)74-41(6)65(67,68)69)59(70)50-29-49(38(2)3)53(84)30-54(50)85/h1,8-10,12-13,15-16,27-31,38-39,41,43,46,70-71,73,83-85H,11,14,17-26,32-37H2,2-6H3,(H,74,86). The van der Waals surface area contributed by atoms with Gasteiger partial charge in [-0.1, -0.05) is 44.0 Å². The van der Waals surface area contributed by atoms with Crippen molar-refractivity contribution >= 4 is 56.5 Å². The number of aromatic nitrogens is 3. The Bertz CT molecular complexity index is 3610. The Labute approximate surface area is 503 Å². The third kappa shape index (κ3) is 14.2. The quantitative estimate of drug-likeness (QED) is 0.0184. The average Bonchev–Trinajstić information content (AvgIpc) is 1.71. The van der Waals surface area contributed by atoms with Gasteiger partial charge in [0.2, 0.25) is 0 Å². The number of likely N-dealkylation sites (tertiary alicyclic amines) is 1. The molecule has 1 amide bonds. The van der Waals surface area contributed by atoms with E-state index in [1.807, 2.05) is 6.07 Å². The highest BCUT2D eigenvalue weighted by molar-refractivity contribution is 6.48. The maximum absolute atomic E-state index is 17.3. The first-order valence-electron chi connectivity index (χ1n) is 29.9. The molecule has 0 radical (unpaired) electrons. The van der Waals surface area contributed by atoms with Gasteiger partial charge in [0.1, 0.15) is 51.9 Å². The number of anilines is 2. The predicted molar refractivity (Wildman–Crippen MR) is 327 cm³/mol. The number of phenols is 3. The zero-order valence-electron chi connectivity index (χ0n) is 49.8. The fourth-order valence-electron chi connectivity index (χ4n) is 12.4. The van der Waals surface area contributed by atoms with Crippen LogP contribution in [0.5, 0.6) is 23.3 Å². The van der Waals surface area contributed by atoms with Gasteiger partial charge in [-0.3, -0.25) is 30.4 Å². The molecule has 6 aromatic rings. The molecule has 3 saturated heterocycles. The van der Waals surface area contributed by atoms with Crippen molar-refractivity contribution in [2.75, 3.05) is 81.9 Å². The van der Waals surface area contributed by atoms with Gasteiger partial charge in [-0.2, -0.15) is 23.1 Å². The Morgan fingerprint density at radius 2 is 1.64 bits per heavy atom. The molecule has 22 heteroatoms. The van der Waals surface area contributed by atoms with Crippen LogP contribution in [-0.4, -0.2) is 165 Å². The molecule has 5 heterocycles. The lowest BCUT2D eigenvalue weighted by Gasteiger charge is -2.40. The maximum Gasteiger partial charge on any atom is 0.408 e. The largest absolute Gasteiger partial charge is 0.508 e. The van der Waals surface area contributed by atoms with Gasteiger partial charge in [-0.15, -0.1) is 6.42 Å². The van der Waals surface area contributed by atoms with E-state index in [4.69, 9.17) is 31.9 Å². The monoisotopic (exact) mass is 1200 g/mol. The Balaban J connectivity index is 0.756. The van der Waals surface area contributed by atoms with Gasteiger partial charge in [-0.05, 0) is 131 Å². The highest BCUT2D eigenvalue weighted by Crippen LogP contribution is 2.47. The van der Waals surface area contributed by atoms with Crippen LogP contribution in [-0.2, 0) is 16.1 Å². The lowest BCUT2D eigenvalue weighted by atomic mass is 9.95. The molecule has 1 aliphatic carbocycles. The third-order valence-corrected chi connectivity index (χ3v) is 17.5. The number of carbonyl (C=O) groups is 2. The van der Waals surface area contributed by atoms with Crippen LogP contribution < -0.4 is 25.2 Å². The summed E-state index contributed by atoms with van der Waals surface area (Å²) in [5.74, 6) is -0.745. The molecule has 4 fully saturated rings. The number of terminal acetylenes is 1. The molecule has 7 N–H and O–H groups in total. The van der Waals surface area contributed by atoms with Crippen molar-refractivity contribution in [3.63, 3.8) is 0 Å². The lowest BCUT2D eigenvalue weighted by Crippen LogP contribution is -2.55. The van der Waals surface area contributed by atoms with Crippen LogP contribution >= 0.6 is 0 Å². The van der Waals surface area contributed by atoms with Gasteiger partial charge in [-0.25, -0.2) is 4.39 Å². The number of ketones is 1. The highest BCUT2D eigenvalue weighted by atomic mass is 19.4. The average molecular weight is 1200 g/mol. The number of ether oxygens (including phenoxy) is 1. The van der Waals surface area contributed by atoms with E-state index in [2.05, 4.69) is 42.7 Å². The van der Waals surface area contributed by atoms with Crippen molar-refractivity contribution < 1.29 is 47.2 Å². The number of amidine groups is 2. The number of carbonyl (C=O) groups excluding carboxylic acids is 2. The molecule has 0 bridgehead atoms. The van der Waals surface area contributed by atoms with E-state index in [0.29, 0.717) is 83.7 Å². The summed E-state index contributed by atoms with van der Waals surface area (Å²) >= 11 is 0. The first-order chi connectivity index (χ1) is 41.5. The Morgan fingerprint density at radius 3 is 2.31 bits per heavy atom. The Hall–Kier alpha value is -7.97. The van der Waals surface area contributed by atoms with E-state index in [1.165, 1.54) is 12.1 Å². The number of amides is 1. The topological polar surface area (TPSA) is 231 Å². The van der Waals surface area contributed by atoms with E-state index in [-0.39, 0.29) is 69.2 Å². The fourth-order valence-corrected chi connectivity index (χ4v) is 12.4. The second-order valence-electron chi connectivity index (χ2n) is 24.6. The highest BCUT2D eigenvalue weighted by Gasteiger charge is 2.46. The van der Waals surface area contributed by atoms with Gasteiger partial charge >= 0.3 is 12.2 Å². The van der Waals surface area contributed by atoms with Crippen molar-refractivity contribution in [1.29, 1.82) is 10.8 Å². The number of pyridine rings is 1. The summed E-state index contributed by atoms with van der Waals surface area (Å²) < 4.78 is 64.3. The zero-order chi connectivity index (χ0) is 62.1. The molecule has 1 saturated carbocycles. The molecule has 460 valence electrons. The Kier molecular flexibility index (Phi) is 18.4. The van der Waals surface area contributed by atoms with Crippen molar-refractivity contribution in [3.05, 3.63) is 101 Å². The SMILES string of the molecule is C#Cc1cccc2cc(O)cc(-c3ncc4c(N5CC(C)NC(CCC(C)=O)C5)nc(OCC5(CN6CCN(CC7CCN(Cc8ccc(N(C(=N)C(=O)NC(C)C(F)(F)F)C(=N)c9cc(C(C)C)c(O)cc9O)cc8)CC7)CC6)CC5)nc4c3F)c12. The number of rotatable bonds is 18. The van der Waals surface area contributed by atoms with Gasteiger partial charge < -0.3 is 50.2 Å². The van der Waals surface area contributed by atoms with Gasteiger partial charge in [0.25, 0.3) is 5.91 Å². The molecule has 0 spiro atoms. The van der Waals surface area contributed by atoms with Crippen LogP contribution in [0, 0.1) is 40.3 Å². The minimum absolute atomic E-state index is 0.0124. The van der Waals surface area contributed by atoms with E-state index in [1.54, 1.807) is 74.7 Å². The molecular weight excluding hydrogens is 1120 g/mol. The van der Waals surface area contributed by atoms with E-state index in [0.717, 1.165) is 101 Å². The summed E-state index contributed by atoms with van der Waals surface area (Å²) in [6.45, 7) is 17.3. The van der Waals surface area contributed by atoms with Crippen molar-refractivity contribution in [2.24, 2.45) is 11.3 Å². The molecule has 18 nitrogen and oxygen atoms in total. The van der Waals surface area contributed by atoms with Crippen LogP contribution in [0.2, 0.25) is 0 Å². The molecule has 87 heavy (non-hydrogen) atoms. The van der Waals surface area contributed by atoms with Crippen molar-refractivity contribution in [3.8, 4) is 46.9 Å². The summed E-state index contributed by atoms with van der Waals surface area (Å²) in [6, 6.07) is 15.5. The number of nitrogens with zero attached hydrogens (tertiary/aromatic N) is 8. The van der Waals surface area contributed by atoms with Crippen LogP contribution in [0.4, 0.5) is 29.1 Å². The summed E-state index contributed by atoms with van der Waals surface area (Å²) in [5, 5.41) is 57.0. The normalized spacial score (nSPS) is 19.0. The molecule has 2 aromatic heterocycles. The van der Waals surface area contributed by atoms with Crippen LogP contribution in [0.15, 0.2) is 72.9 Å². The smallest absolute Gasteiger partial charge is 0.408 e. The summed E-state index contributed by atoms with van der Waals surface area (Å²) in [7, 11) is 0. The van der Waals surface area contributed by atoms with Gasteiger partial charge in [0.05, 0.1) is 17.6 Å². The lowest BCUT2D eigenvalue weighted by molar-refractivity contribution is -0.156. The minimum Gasteiger partial charge on any atom is -0.508 e. The number of nitrogens with one attached hydrogen (secondary N) is 4. The number of piperidine rings is 1. The molecule has 3 atom stereocenters. The maximum atomic E-state index is 17.3. The molecule has 10 rings (SSSR count). The first-order valence-corrected chi connectivity index (χ1v) is 29.9. The van der Waals surface area contributed by atoms with Gasteiger partial charge in [0, 0.05) is 117 Å². The first kappa shape index (κ1) is 62.1. The number of Topliss-reactive ketones (excluding diaryl/α,β-unsaturated/α-hetero) is 1. The number of aromatic hydroxyl groups is 3. The minimum atomic E-state index is -4.77. The summed E-state index contributed by atoms with van der Waals surface area (Å²) in [4.78, 5) is 50.0. The summed E-state index contributed by atoms with van der Waals surface area (Å²) in [6.07, 6.45) is 7.76. The van der Waals surface area contributed by atoms with Crippen LogP contribution in [0.1, 0.15) is 101 Å². The van der Waals surface area contributed by atoms with E-state index in [9.17, 15) is 38.1 Å². The number of benzene rings is 4. The van der Waals surface area contributed by atoms with Crippen LogP contribution in [0.25, 0.3) is 32.9 Å². The molecular formula is C65H76F4N12O6. The van der Waals surface area contributed by atoms with E-state index < -0.39 is 41.4 Å². The third-order valence-electron chi connectivity index (χ3n) is 17.5. The van der Waals surface area contributed by atoms with E-state index >= 15 is 4.39 Å². The van der Waals surface area contributed by atoms with Gasteiger partial charge in [0.15, 0.2) is 11.7 Å². The molecule has 3 aliphatic heterocycles. The number of fused-ring (bicyclic) bond motifs is 2. The second kappa shape index (κ2) is 25.8. The van der Waals surface area contributed by atoms with Crippen molar-refractivity contribution in [2.45, 2.75) is 110 Å². The Morgan fingerprint density at radius 1 is 0.931 bits per heavy atom. The van der Waals surface area contributed by atoms with Crippen LogP contribution in [0.3, 0.4) is 0 Å². The fraction of sp³-hybridized carbons (Fsp3) is 0.462. The number of hydrogen-bond acceptors (Lipinski definition) is 16. The second-order valence-corrected chi connectivity index (χ2v) is 24.6. The number of hydrogen-bond donors (Lipinski definition) is 7. The number of piperazine rings is 2. The molecule has 3 unspecified atom stereocenters. The predicted octanol–water partition coefficient (Wildman–Crippen LogP) is 9.31. The molecule has 4 aromatic carbocycles. The zero-order valence-corrected chi connectivity index (χ0v) is 49.8. The van der Waals surface area contributed by atoms with Crippen molar-refractivity contribution in [1.82, 2.24) is 40.3 Å². The number of phenolic OH excluding ortho intramolecular Hbond substituents is 3. The number of halogens is 4.